The molecule has 0 saturated carbocycles. The van der Waals surface area contributed by atoms with E-state index >= 15 is 0 Å². The Morgan fingerprint density at radius 2 is 2.09 bits per heavy atom. The van der Waals surface area contributed by atoms with Crippen molar-refractivity contribution in [3.63, 3.8) is 0 Å². The second kappa shape index (κ2) is 7.75. The smallest absolute Gasteiger partial charge is 0.183 e. The van der Waals surface area contributed by atoms with E-state index in [1.807, 2.05) is 30.6 Å². The van der Waals surface area contributed by atoms with Gasteiger partial charge in [-0.3, -0.25) is 5.32 Å². The van der Waals surface area contributed by atoms with E-state index in [4.69, 9.17) is 16.9 Å². The standard InChI is InChI=1S/C16H21ClN4S/c1-11-6-12(2)9-21(8-11)15-5-4-13(7-14(15)17)20-16(22-3)19-10-18/h4-5,7,11-12H,6,8-9H2,1-3H3,(H,19,20). The number of amidine groups is 1. The summed E-state index contributed by atoms with van der Waals surface area (Å²) in [6.07, 6.45) is 5.03. The highest BCUT2D eigenvalue weighted by atomic mass is 35.5. The average molecular weight is 337 g/mol. The molecule has 1 N–H and O–H groups in total. The summed E-state index contributed by atoms with van der Waals surface area (Å²) in [5, 5.41) is 12.5. The number of hydrogen-bond acceptors (Lipinski definition) is 4. The molecule has 0 aromatic heterocycles. The van der Waals surface area contributed by atoms with Crippen LogP contribution in [0.4, 0.5) is 11.4 Å². The molecule has 118 valence electrons. The highest BCUT2D eigenvalue weighted by molar-refractivity contribution is 8.13. The molecule has 0 aliphatic carbocycles. The number of aliphatic imine (C=N–C) groups is 1. The van der Waals surface area contributed by atoms with Crippen LogP contribution in [0.1, 0.15) is 20.3 Å². The minimum absolute atomic E-state index is 0.562. The molecule has 0 amide bonds. The SMILES string of the molecule is CSC(=Nc1ccc(N2CC(C)CC(C)C2)c(Cl)c1)NC#N. The fraction of sp³-hybridized carbons (Fsp3) is 0.500. The van der Waals surface area contributed by atoms with Gasteiger partial charge in [0.05, 0.1) is 16.4 Å². The summed E-state index contributed by atoms with van der Waals surface area (Å²) in [4.78, 5) is 6.75. The lowest BCUT2D eigenvalue weighted by Gasteiger charge is -2.37. The molecule has 1 aliphatic heterocycles. The van der Waals surface area contributed by atoms with Crippen LogP contribution in [0.5, 0.6) is 0 Å². The summed E-state index contributed by atoms with van der Waals surface area (Å²) in [6, 6.07) is 5.83. The van der Waals surface area contributed by atoms with Gasteiger partial charge in [-0.05, 0) is 42.7 Å². The van der Waals surface area contributed by atoms with E-state index in [2.05, 4.69) is 29.1 Å². The lowest BCUT2D eigenvalue weighted by molar-refractivity contribution is 0.357. The summed E-state index contributed by atoms with van der Waals surface area (Å²) < 4.78 is 0. The molecule has 0 radical (unpaired) electrons. The van der Waals surface area contributed by atoms with Crippen LogP contribution >= 0.6 is 23.4 Å². The summed E-state index contributed by atoms with van der Waals surface area (Å²) in [5.74, 6) is 1.36. The van der Waals surface area contributed by atoms with Crippen molar-refractivity contribution in [2.45, 2.75) is 20.3 Å². The number of anilines is 1. The Balaban J connectivity index is 2.21. The maximum Gasteiger partial charge on any atom is 0.183 e. The third-order valence-electron chi connectivity index (χ3n) is 3.73. The summed E-state index contributed by atoms with van der Waals surface area (Å²) in [7, 11) is 0. The second-order valence-corrected chi connectivity index (χ2v) is 7.05. The molecule has 0 bridgehead atoms. The van der Waals surface area contributed by atoms with Crippen molar-refractivity contribution < 1.29 is 0 Å². The zero-order valence-corrected chi connectivity index (χ0v) is 14.7. The fourth-order valence-electron chi connectivity index (χ4n) is 2.97. The molecular weight excluding hydrogens is 316 g/mol. The number of rotatable bonds is 2. The number of benzene rings is 1. The molecule has 4 nitrogen and oxygen atoms in total. The van der Waals surface area contributed by atoms with Crippen LogP contribution in [0.3, 0.4) is 0 Å². The minimum Gasteiger partial charge on any atom is -0.370 e. The van der Waals surface area contributed by atoms with E-state index < -0.39 is 0 Å². The molecule has 2 rings (SSSR count). The van der Waals surface area contributed by atoms with E-state index in [9.17, 15) is 0 Å². The number of halogens is 1. The largest absolute Gasteiger partial charge is 0.370 e. The number of hydrogen-bond donors (Lipinski definition) is 1. The van der Waals surface area contributed by atoms with Crippen LogP contribution in [0.25, 0.3) is 0 Å². The summed E-state index contributed by atoms with van der Waals surface area (Å²) in [5.41, 5.74) is 1.82. The number of nitriles is 1. The molecule has 1 aromatic carbocycles. The van der Waals surface area contributed by atoms with Gasteiger partial charge >= 0.3 is 0 Å². The Bertz CT molecular complexity index is 586. The molecule has 6 heteroatoms. The third-order valence-corrected chi connectivity index (χ3v) is 4.61. The van der Waals surface area contributed by atoms with Crippen LogP contribution in [0.2, 0.25) is 5.02 Å². The maximum atomic E-state index is 8.68. The van der Waals surface area contributed by atoms with Gasteiger partial charge in [-0.25, -0.2) is 4.99 Å². The Labute approximate surface area is 141 Å². The molecule has 1 aromatic rings. The molecule has 1 fully saturated rings. The van der Waals surface area contributed by atoms with Crippen LogP contribution in [-0.2, 0) is 0 Å². The first-order chi connectivity index (χ1) is 10.5. The summed E-state index contributed by atoms with van der Waals surface area (Å²) >= 11 is 7.85. The maximum absolute atomic E-state index is 8.68. The lowest BCUT2D eigenvalue weighted by atomic mass is 9.91. The van der Waals surface area contributed by atoms with Gasteiger partial charge in [0.2, 0.25) is 0 Å². The monoisotopic (exact) mass is 336 g/mol. The van der Waals surface area contributed by atoms with Gasteiger partial charge in [0, 0.05) is 13.1 Å². The second-order valence-electron chi connectivity index (χ2n) is 5.84. The normalized spacial score (nSPS) is 22.3. The first-order valence-electron chi connectivity index (χ1n) is 7.35. The van der Waals surface area contributed by atoms with Gasteiger partial charge in [-0.1, -0.05) is 37.2 Å². The van der Waals surface area contributed by atoms with Crippen molar-refractivity contribution in [2.24, 2.45) is 16.8 Å². The van der Waals surface area contributed by atoms with Crippen LogP contribution < -0.4 is 10.2 Å². The Morgan fingerprint density at radius 3 is 2.64 bits per heavy atom. The van der Waals surface area contributed by atoms with Crippen molar-refractivity contribution >= 4 is 39.9 Å². The van der Waals surface area contributed by atoms with Crippen LogP contribution in [0, 0.1) is 23.3 Å². The molecule has 1 saturated heterocycles. The van der Waals surface area contributed by atoms with Gasteiger partial charge < -0.3 is 4.90 Å². The molecule has 2 atom stereocenters. The molecule has 0 spiro atoms. The molecule has 2 unspecified atom stereocenters. The van der Waals surface area contributed by atoms with E-state index in [1.165, 1.54) is 18.2 Å². The summed E-state index contributed by atoms with van der Waals surface area (Å²) in [6.45, 7) is 6.65. The van der Waals surface area contributed by atoms with Crippen LogP contribution in [-0.4, -0.2) is 24.5 Å². The number of nitrogens with zero attached hydrogens (tertiary/aromatic N) is 3. The molecular formula is C16H21ClN4S. The Morgan fingerprint density at radius 1 is 1.41 bits per heavy atom. The highest BCUT2D eigenvalue weighted by Gasteiger charge is 2.23. The van der Waals surface area contributed by atoms with E-state index in [-0.39, 0.29) is 0 Å². The van der Waals surface area contributed by atoms with Gasteiger partial charge in [0.1, 0.15) is 0 Å². The van der Waals surface area contributed by atoms with Gasteiger partial charge in [0.15, 0.2) is 11.4 Å². The lowest BCUT2D eigenvalue weighted by Crippen LogP contribution is -2.38. The zero-order chi connectivity index (χ0) is 16.1. The predicted molar refractivity (Wildman–Crippen MR) is 96.0 cm³/mol. The first kappa shape index (κ1) is 17.0. The minimum atomic E-state index is 0.562. The van der Waals surface area contributed by atoms with Crippen LogP contribution in [0.15, 0.2) is 23.2 Å². The highest BCUT2D eigenvalue weighted by Crippen LogP contribution is 2.34. The van der Waals surface area contributed by atoms with Crippen molar-refractivity contribution in [1.29, 1.82) is 5.26 Å². The zero-order valence-electron chi connectivity index (χ0n) is 13.1. The van der Waals surface area contributed by atoms with Gasteiger partial charge in [-0.15, -0.1) is 0 Å². The van der Waals surface area contributed by atoms with Gasteiger partial charge in [-0.2, -0.15) is 5.26 Å². The Hall–Kier alpha value is -1.38. The Kier molecular flexibility index (Phi) is 5.98. The van der Waals surface area contributed by atoms with Crippen molar-refractivity contribution in [1.82, 2.24) is 5.32 Å². The quantitative estimate of drug-likeness (QED) is 0.380. The predicted octanol–water partition coefficient (Wildman–Crippen LogP) is 4.24. The van der Waals surface area contributed by atoms with E-state index in [1.54, 1.807) is 0 Å². The molecule has 1 aliphatic rings. The van der Waals surface area contributed by atoms with Crippen molar-refractivity contribution in [3.05, 3.63) is 23.2 Å². The fourth-order valence-corrected chi connectivity index (χ4v) is 3.61. The topological polar surface area (TPSA) is 51.4 Å². The third kappa shape index (κ3) is 4.31. The van der Waals surface area contributed by atoms with E-state index in [0.717, 1.165) is 24.5 Å². The number of piperidine rings is 1. The van der Waals surface area contributed by atoms with E-state index in [0.29, 0.717) is 22.0 Å². The van der Waals surface area contributed by atoms with Gasteiger partial charge in [0.25, 0.3) is 0 Å². The number of nitrogens with one attached hydrogen (secondary N) is 1. The average Bonchev–Trinajstić information content (AvgIpc) is 2.45. The van der Waals surface area contributed by atoms with Crippen molar-refractivity contribution in [2.75, 3.05) is 24.2 Å². The molecule has 1 heterocycles. The molecule has 22 heavy (non-hydrogen) atoms. The first-order valence-corrected chi connectivity index (χ1v) is 8.96. The van der Waals surface area contributed by atoms with Crippen molar-refractivity contribution in [3.8, 4) is 6.19 Å². The number of thioether (sulfide) groups is 1.